The molecule has 1 aromatic carbocycles. The third-order valence-corrected chi connectivity index (χ3v) is 4.26. The second kappa shape index (κ2) is 7.78. The molecule has 21 heavy (non-hydrogen) atoms. The lowest BCUT2D eigenvalue weighted by atomic mass is 10.0. The lowest BCUT2D eigenvalue weighted by molar-refractivity contribution is 0.156. The summed E-state index contributed by atoms with van der Waals surface area (Å²) in [6, 6.07) is 7.37. The van der Waals surface area contributed by atoms with Gasteiger partial charge in [0, 0.05) is 30.8 Å². The summed E-state index contributed by atoms with van der Waals surface area (Å²) in [4.78, 5) is 2.37. The van der Waals surface area contributed by atoms with Crippen LogP contribution in [-0.4, -0.2) is 44.9 Å². The van der Waals surface area contributed by atoms with Crippen molar-refractivity contribution in [2.45, 2.75) is 38.9 Å². The van der Waals surface area contributed by atoms with Crippen LogP contribution < -0.4 is 10.1 Å². The Bertz CT molecular complexity index is 444. The molecule has 1 saturated heterocycles. The van der Waals surface area contributed by atoms with Crippen LogP contribution >= 0.6 is 0 Å². The molecule has 1 aliphatic heterocycles. The van der Waals surface area contributed by atoms with E-state index in [4.69, 9.17) is 9.47 Å². The largest absolute Gasteiger partial charge is 0.496 e. The molecule has 0 amide bonds. The molecule has 1 N–H and O–H groups in total. The topological polar surface area (TPSA) is 33.7 Å². The number of nitrogens with zero attached hydrogens (tertiary/aromatic N) is 1. The van der Waals surface area contributed by atoms with Crippen LogP contribution in [-0.2, 0) is 11.3 Å². The average Bonchev–Trinajstić information content (AvgIpc) is 3.01. The number of benzene rings is 1. The highest BCUT2D eigenvalue weighted by Gasteiger charge is 2.21. The van der Waals surface area contributed by atoms with Gasteiger partial charge in [0.1, 0.15) is 5.75 Å². The first-order valence-corrected chi connectivity index (χ1v) is 7.83. The van der Waals surface area contributed by atoms with E-state index in [0.29, 0.717) is 12.1 Å². The smallest absolute Gasteiger partial charge is 0.123 e. The van der Waals surface area contributed by atoms with E-state index in [1.807, 2.05) is 0 Å². The molecule has 1 fully saturated rings. The van der Waals surface area contributed by atoms with Crippen LogP contribution in [0.1, 0.15) is 37.4 Å². The van der Waals surface area contributed by atoms with Crippen LogP contribution in [0.5, 0.6) is 5.75 Å². The van der Waals surface area contributed by atoms with Crippen molar-refractivity contribution >= 4 is 0 Å². The van der Waals surface area contributed by atoms with E-state index >= 15 is 0 Å². The monoisotopic (exact) mass is 292 g/mol. The van der Waals surface area contributed by atoms with Gasteiger partial charge < -0.3 is 14.8 Å². The molecule has 4 nitrogen and oxygen atoms in total. The first-order valence-electron chi connectivity index (χ1n) is 7.83. The fourth-order valence-electron chi connectivity index (χ4n) is 2.88. The van der Waals surface area contributed by atoms with Gasteiger partial charge in [-0.25, -0.2) is 0 Å². The molecule has 0 bridgehead atoms. The van der Waals surface area contributed by atoms with Crippen molar-refractivity contribution in [3.8, 4) is 5.75 Å². The molecule has 4 heteroatoms. The van der Waals surface area contributed by atoms with Crippen LogP contribution in [0.2, 0.25) is 0 Å². The Kier molecular flexibility index (Phi) is 6.03. The Hall–Kier alpha value is -1.10. The molecule has 1 aliphatic rings. The Balaban J connectivity index is 2.13. The molecule has 2 unspecified atom stereocenters. The first kappa shape index (κ1) is 16.3. The quantitative estimate of drug-likeness (QED) is 0.837. The zero-order chi connectivity index (χ0) is 15.2. The summed E-state index contributed by atoms with van der Waals surface area (Å²) in [5.74, 6) is 0.966. The number of hydrogen-bond donors (Lipinski definition) is 1. The molecule has 118 valence electrons. The maximum atomic E-state index is 5.53. The van der Waals surface area contributed by atoms with Crippen LogP contribution in [0.4, 0.5) is 0 Å². The highest BCUT2D eigenvalue weighted by Crippen LogP contribution is 2.25. The average molecular weight is 292 g/mol. The van der Waals surface area contributed by atoms with Crippen molar-refractivity contribution in [3.05, 3.63) is 29.3 Å². The summed E-state index contributed by atoms with van der Waals surface area (Å²) in [5, 5.41) is 3.46. The van der Waals surface area contributed by atoms with Crippen molar-refractivity contribution in [2.24, 2.45) is 0 Å². The van der Waals surface area contributed by atoms with Gasteiger partial charge in [-0.2, -0.15) is 0 Å². The molecule has 0 aromatic heterocycles. The second-order valence-corrected chi connectivity index (χ2v) is 5.78. The SMILES string of the molecule is CCNC(C)c1ccc(OC)c(CN(C)C2CCOC2)c1. The van der Waals surface area contributed by atoms with E-state index in [0.717, 1.165) is 38.5 Å². The maximum Gasteiger partial charge on any atom is 0.123 e. The lowest BCUT2D eigenvalue weighted by Crippen LogP contribution is -2.31. The van der Waals surface area contributed by atoms with Crippen molar-refractivity contribution in [3.63, 3.8) is 0 Å². The molecule has 1 aromatic rings. The van der Waals surface area contributed by atoms with Gasteiger partial charge in [0.25, 0.3) is 0 Å². The van der Waals surface area contributed by atoms with Crippen LogP contribution in [0.25, 0.3) is 0 Å². The summed E-state index contributed by atoms with van der Waals surface area (Å²) in [6.45, 7) is 7.92. The van der Waals surface area contributed by atoms with Gasteiger partial charge in [0.2, 0.25) is 0 Å². The van der Waals surface area contributed by atoms with Crippen LogP contribution in [0.3, 0.4) is 0 Å². The highest BCUT2D eigenvalue weighted by atomic mass is 16.5. The predicted octanol–water partition coefficient (Wildman–Crippen LogP) is 2.59. The molecule has 2 atom stereocenters. The van der Waals surface area contributed by atoms with Crippen LogP contribution in [0, 0.1) is 0 Å². The zero-order valence-electron chi connectivity index (χ0n) is 13.7. The van der Waals surface area contributed by atoms with Gasteiger partial charge in [0.15, 0.2) is 0 Å². The van der Waals surface area contributed by atoms with Crippen LogP contribution in [0.15, 0.2) is 18.2 Å². The Morgan fingerprint density at radius 3 is 2.90 bits per heavy atom. The molecule has 0 aliphatic carbocycles. The molecule has 0 spiro atoms. The molecule has 1 heterocycles. The van der Waals surface area contributed by atoms with Gasteiger partial charge in [-0.15, -0.1) is 0 Å². The van der Waals surface area contributed by atoms with E-state index in [1.165, 1.54) is 11.1 Å². The molecule has 0 radical (unpaired) electrons. The fraction of sp³-hybridized carbons (Fsp3) is 0.647. The Morgan fingerprint density at radius 2 is 2.29 bits per heavy atom. The number of rotatable bonds is 7. The fourth-order valence-corrected chi connectivity index (χ4v) is 2.88. The van der Waals surface area contributed by atoms with Crippen molar-refractivity contribution in [1.29, 1.82) is 0 Å². The molecule has 2 rings (SSSR count). The second-order valence-electron chi connectivity index (χ2n) is 5.78. The van der Waals surface area contributed by atoms with Gasteiger partial charge in [0.05, 0.1) is 13.7 Å². The summed E-state index contributed by atoms with van der Waals surface area (Å²) >= 11 is 0. The summed E-state index contributed by atoms with van der Waals surface area (Å²) in [5.41, 5.74) is 2.55. The zero-order valence-corrected chi connectivity index (χ0v) is 13.7. The van der Waals surface area contributed by atoms with E-state index < -0.39 is 0 Å². The summed E-state index contributed by atoms with van der Waals surface area (Å²) in [7, 11) is 3.91. The molecule has 0 saturated carbocycles. The standard InChI is InChI=1S/C17H28N2O2/c1-5-18-13(2)14-6-7-17(20-4)15(10-14)11-19(3)16-8-9-21-12-16/h6-7,10,13,16,18H,5,8-9,11-12H2,1-4H3. The van der Waals surface area contributed by atoms with Crippen molar-refractivity contribution in [2.75, 3.05) is 33.9 Å². The van der Waals surface area contributed by atoms with E-state index in [2.05, 4.69) is 49.3 Å². The Morgan fingerprint density at radius 1 is 1.48 bits per heavy atom. The minimum atomic E-state index is 0.361. The van der Waals surface area contributed by atoms with Crippen molar-refractivity contribution in [1.82, 2.24) is 10.2 Å². The van der Waals surface area contributed by atoms with Gasteiger partial charge in [-0.05, 0) is 44.6 Å². The molecular weight excluding hydrogens is 264 g/mol. The number of nitrogens with one attached hydrogen (secondary N) is 1. The third kappa shape index (κ3) is 4.19. The summed E-state index contributed by atoms with van der Waals surface area (Å²) < 4.78 is 11.0. The third-order valence-electron chi connectivity index (χ3n) is 4.26. The number of ether oxygens (including phenoxy) is 2. The van der Waals surface area contributed by atoms with E-state index in [1.54, 1.807) is 7.11 Å². The lowest BCUT2D eigenvalue weighted by Gasteiger charge is -2.24. The van der Waals surface area contributed by atoms with E-state index in [9.17, 15) is 0 Å². The number of likely N-dealkylation sites (N-methyl/N-ethyl adjacent to an activating group) is 1. The van der Waals surface area contributed by atoms with E-state index in [-0.39, 0.29) is 0 Å². The molecular formula is C17H28N2O2. The highest BCUT2D eigenvalue weighted by molar-refractivity contribution is 5.38. The number of methoxy groups -OCH3 is 1. The normalized spacial score (nSPS) is 20.0. The maximum absolute atomic E-state index is 5.53. The van der Waals surface area contributed by atoms with Gasteiger partial charge >= 0.3 is 0 Å². The van der Waals surface area contributed by atoms with Gasteiger partial charge in [-0.3, -0.25) is 4.90 Å². The number of hydrogen-bond acceptors (Lipinski definition) is 4. The van der Waals surface area contributed by atoms with Crippen molar-refractivity contribution < 1.29 is 9.47 Å². The predicted molar refractivity (Wildman–Crippen MR) is 85.8 cm³/mol. The first-order chi connectivity index (χ1) is 10.2. The van der Waals surface area contributed by atoms with Gasteiger partial charge in [-0.1, -0.05) is 13.0 Å². The minimum Gasteiger partial charge on any atom is -0.496 e. The Labute approximate surface area is 128 Å². The minimum absolute atomic E-state index is 0.361. The summed E-state index contributed by atoms with van der Waals surface area (Å²) in [6.07, 6.45) is 1.12.